The summed E-state index contributed by atoms with van der Waals surface area (Å²) in [6, 6.07) is 68.6. The second-order valence-electron chi connectivity index (χ2n) is 12.9. The van der Waals surface area contributed by atoms with Crippen molar-refractivity contribution in [3.8, 4) is 22.3 Å². The maximum Gasteiger partial charge on any atom is 0.0462 e. The monoisotopic (exact) mass is 653 g/mol. The van der Waals surface area contributed by atoms with Crippen molar-refractivity contribution >= 4 is 80.9 Å². The Hall–Kier alpha value is -6.22. The van der Waals surface area contributed by atoms with Gasteiger partial charge in [-0.05, 0) is 103 Å². The molecule has 0 N–H and O–H groups in total. The van der Waals surface area contributed by atoms with E-state index in [9.17, 15) is 0 Å². The van der Waals surface area contributed by atoms with Gasteiger partial charge in [-0.15, -0.1) is 11.3 Å². The Kier molecular flexibility index (Phi) is 6.75. The van der Waals surface area contributed by atoms with Crippen LogP contribution in [-0.4, -0.2) is 0 Å². The highest BCUT2D eigenvalue weighted by Gasteiger charge is 2.15. The lowest BCUT2D eigenvalue weighted by molar-refractivity contribution is 1.28. The number of anilines is 3. The molecule has 0 radical (unpaired) electrons. The Bertz CT molecular complexity index is 2850. The van der Waals surface area contributed by atoms with Crippen LogP contribution in [0.1, 0.15) is 0 Å². The number of para-hydroxylation sites is 1. The smallest absolute Gasteiger partial charge is 0.0462 e. The van der Waals surface area contributed by atoms with Gasteiger partial charge in [0, 0.05) is 37.2 Å². The summed E-state index contributed by atoms with van der Waals surface area (Å²) < 4.78 is 2.67. The van der Waals surface area contributed by atoms with E-state index in [0.717, 1.165) is 17.1 Å². The molecule has 0 atom stereocenters. The summed E-state index contributed by atoms with van der Waals surface area (Å²) in [5, 5.41) is 10.4. The molecule has 0 saturated heterocycles. The van der Waals surface area contributed by atoms with Crippen LogP contribution in [0.2, 0.25) is 0 Å². The van der Waals surface area contributed by atoms with Crippen LogP contribution in [0.25, 0.3) is 74.7 Å². The van der Waals surface area contributed by atoms with Crippen molar-refractivity contribution in [3.05, 3.63) is 188 Å². The second kappa shape index (κ2) is 11.7. The van der Waals surface area contributed by atoms with E-state index in [2.05, 4.69) is 193 Å². The zero-order chi connectivity index (χ0) is 33.0. The van der Waals surface area contributed by atoms with Crippen LogP contribution in [0.3, 0.4) is 0 Å². The standard InChI is InChI=1S/C48H31NS/c1-2-10-37(11-3-1)49(39-26-19-34(20-27-39)42-14-8-15-46-45-13-6-7-16-47(45)50-48(42)46)38-24-17-32(18-25-38)35-22-28-41-36(31-35)23-30-43-40-12-5-4-9-33(40)21-29-44(41)43/h1-31H. The molecule has 50 heavy (non-hydrogen) atoms. The van der Waals surface area contributed by atoms with Crippen molar-refractivity contribution in [2.75, 3.05) is 4.90 Å². The van der Waals surface area contributed by atoms with Gasteiger partial charge in [0.2, 0.25) is 0 Å². The summed E-state index contributed by atoms with van der Waals surface area (Å²) in [5.74, 6) is 0. The predicted molar refractivity (Wildman–Crippen MR) is 217 cm³/mol. The molecule has 2 heteroatoms. The number of hydrogen-bond donors (Lipinski definition) is 0. The SMILES string of the molecule is c1ccc(N(c2ccc(-c3ccc4c(ccc5c6ccccc6ccc45)c3)cc2)c2ccc(-c3cccc4c3sc3ccccc34)cc2)cc1. The first kappa shape index (κ1) is 28.8. The van der Waals surface area contributed by atoms with Gasteiger partial charge in [-0.3, -0.25) is 0 Å². The Morgan fingerprint density at radius 3 is 1.66 bits per heavy atom. The average molecular weight is 654 g/mol. The second-order valence-corrected chi connectivity index (χ2v) is 14.0. The molecule has 1 heterocycles. The highest BCUT2D eigenvalue weighted by molar-refractivity contribution is 7.26. The van der Waals surface area contributed by atoms with Crippen LogP contribution in [0.15, 0.2) is 188 Å². The molecule has 234 valence electrons. The highest BCUT2D eigenvalue weighted by Crippen LogP contribution is 2.42. The van der Waals surface area contributed by atoms with Crippen molar-refractivity contribution in [1.29, 1.82) is 0 Å². The van der Waals surface area contributed by atoms with Crippen LogP contribution < -0.4 is 4.90 Å². The fraction of sp³-hybridized carbons (Fsp3) is 0. The first-order chi connectivity index (χ1) is 24.8. The third-order valence-electron chi connectivity index (χ3n) is 10.1. The normalized spacial score (nSPS) is 11.6. The van der Waals surface area contributed by atoms with Crippen LogP contribution in [0.5, 0.6) is 0 Å². The molecule has 0 aliphatic carbocycles. The van der Waals surface area contributed by atoms with Crippen LogP contribution >= 0.6 is 11.3 Å². The Labute approximate surface area is 294 Å². The maximum atomic E-state index is 2.34. The molecule has 9 aromatic carbocycles. The minimum atomic E-state index is 1.12. The molecule has 0 unspecified atom stereocenters. The van der Waals surface area contributed by atoms with Crippen molar-refractivity contribution in [3.63, 3.8) is 0 Å². The fourth-order valence-electron chi connectivity index (χ4n) is 7.60. The molecule has 0 aliphatic heterocycles. The van der Waals surface area contributed by atoms with Crippen molar-refractivity contribution in [1.82, 2.24) is 0 Å². The molecule has 10 rings (SSSR count). The Balaban J connectivity index is 1.00. The average Bonchev–Trinajstić information content (AvgIpc) is 3.58. The lowest BCUT2D eigenvalue weighted by Crippen LogP contribution is -2.09. The molecule has 1 aromatic heterocycles. The van der Waals surface area contributed by atoms with Gasteiger partial charge in [0.15, 0.2) is 0 Å². The molecular formula is C48H31NS. The summed E-state index contributed by atoms with van der Waals surface area (Å²) in [6.07, 6.45) is 0. The highest BCUT2D eigenvalue weighted by atomic mass is 32.1. The van der Waals surface area contributed by atoms with Gasteiger partial charge < -0.3 is 4.90 Å². The van der Waals surface area contributed by atoms with E-state index >= 15 is 0 Å². The predicted octanol–water partition coefficient (Wildman–Crippen LogP) is 14.3. The quantitative estimate of drug-likeness (QED) is 0.167. The van der Waals surface area contributed by atoms with Crippen LogP contribution in [-0.2, 0) is 0 Å². The molecule has 1 nitrogen and oxygen atoms in total. The number of nitrogens with zero attached hydrogens (tertiary/aromatic N) is 1. The fourth-order valence-corrected chi connectivity index (χ4v) is 8.84. The molecule has 0 bridgehead atoms. The number of hydrogen-bond acceptors (Lipinski definition) is 2. The van der Waals surface area contributed by atoms with E-state index in [1.165, 1.54) is 74.7 Å². The van der Waals surface area contributed by atoms with Gasteiger partial charge in [-0.2, -0.15) is 0 Å². The summed E-state index contributed by atoms with van der Waals surface area (Å²) in [6.45, 7) is 0. The maximum absolute atomic E-state index is 2.34. The first-order valence-corrected chi connectivity index (χ1v) is 17.9. The van der Waals surface area contributed by atoms with E-state index in [1.807, 2.05) is 11.3 Å². The summed E-state index contributed by atoms with van der Waals surface area (Å²) in [4.78, 5) is 2.34. The largest absolute Gasteiger partial charge is 0.311 e. The molecule has 0 aliphatic rings. The van der Waals surface area contributed by atoms with Gasteiger partial charge in [-0.25, -0.2) is 0 Å². The number of fused-ring (bicyclic) bond motifs is 8. The van der Waals surface area contributed by atoms with E-state index in [0.29, 0.717) is 0 Å². The van der Waals surface area contributed by atoms with E-state index < -0.39 is 0 Å². The third-order valence-corrected chi connectivity index (χ3v) is 11.3. The molecular weight excluding hydrogens is 623 g/mol. The zero-order valence-electron chi connectivity index (χ0n) is 27.3. The summed E-state index contributed by atoms with van der Waals surface area (Å²) in [7, 11) is 0. The van der Waals surface area contributed by atoms with Gasteiger partial charge in [0.05, 0.1) is 0 Å². The Morgan fingerprint density at radius 2 is 0.880 bits per heavy atom. The van der Waals surface area contributed by atoms with Gasteiger partial charge >= 0.3 is 0 Å². The van der Waals surface area contributed by atoms with Crippen molar-refractivity contribution in [2.24, 2.45) is 0 Å². The van der Waals surface area contributed by atoms with Crippen LogP contribution in [0.4, 0.5) is 17.1 Å². The van der Waals surface area contributed by atoms with Gasteiger partial charge in [-0.1, -0.05) is 140 Å². The molecule has 0 amide bonds. The lowest BCUT2D eigenvalue weighted by Gasteiger charge is -2.26. The van der Waals surface area contributed by atoms with Crippen molar-refractivity contribution in [2.45, 2.75) is 0 Å². The topological polar surface area (TPSA) is 3.24 Å². The van der Waals surface area contributed by atoms with E-state index in [-0.39, 0.29) is 0 Å². The van der Waals surface area contributed by atoms with E-state index in [4.69, 9.17) is 0 Å². The van der Waals surface area contributed by atoms with Gasteiger partial charge in [0.25, 0.3) is 0 Å². The van der Waals surface area contributed by atoms with Crippen molar-refractivity contribution < 1.29 is 0 Å². The number of rotatable bonds is 5. The number of benzene rings is 9. The molecule has 0 fully saturated rings. The zero-order valence-corrected chi connectivity index (χ0v) is 28.1. The number of thiophene rings is 1. The van der Waals surface area contributed by atoms with E-state index in [1.54, 1.807) is 0 Å². The summed E-state index contributed by atoms with van der Waals surface area (Å²) >= 11 is 1.88. The Morgan fingerprint density at radius 1 is 0.320 bits per heavy atom. The minimum absolute atomic E-state index is 1.12. The van der Waals surface area contributed by atoms with Gasteiger partial charge in [0.1, 0.15) is 0 Å². The first-order valence-electron chi connectivity index (χ1n) is 17.1. The minimum Gasteiger partial charge on any atom is -0.311 e. The lowest BCUT2D eigenvalue weighted by atomic mass is 9.95. The summed E-state index contributed by atoms with van der Waals surface area (Å²) in [5.41, 5.74) is 8.31. The molecule has 10 aromatic rings. The van der Waals surface area contributed by atoms with Crippen LogP contribution in [0, 0.1) is 0 Å². The third kappa shape index (κ3) is 4.76. The molecule has 0 saturated carbocycles. The molecule has 0 spiro atoms.